The van der Waals surface area contributed by atoms with E-state index in [1.54, 1.807) is 11.8 Å². The molecule has 9 heteroatoms. The lowest BCUT2D eigenvalue weighted by Crippen LogP contribution is -3.06. The Balaban J connectivity index is 3.54. The van der Waals surface area contributed by atoms with Gasteiger partial charge in [0.2, 0.25) is 0 Å². The first kappa shape index (κ1) is 22.4. The summed E-state index contributed by atoms with van der Waals surface area (Å²) in [7, 11) is 2.12. The van der Waals surface area contributed by atoms with Gasteiger partial charge in [0.05, 0.1) is 26.6 Å². The molecule has 0 amide bonds. The lowest BCUT2D eigenvalue weighted by atomic mass is 10.2. The number of nitrogens with one attached hydrogen (secondary N) is 1. The molecule has 0 rings (SSSR count). The summed E-state index contributed by atoms with van der Waals surface area (Å²) in [4.78, 5) is 22.4. The van der Waals surface area contributed by atoms with E-state index in [1.165, 1.54) is 4.90 Å². The molecule has 0 aromatic rings. The molecule has 2 atom stereocenters. The third-order valence-corrected chi connectivity index (χ3v) is 4.99. The molecular weight excluding hydrogens is 345 g/mol. The Morgan fingerprint density at radius 1 is 1.32 bits per heavy atom. The van der Waals surface area contributed by atoms with Gasteiger partial charge in [-0.05, 0) is 17.9 Å². The molecule has 132 valence electrons. The summed E-state index contributed by atoms with van der Waals surface area (Å²) in [5.41, 5.74) is 0. The highest BCUT2D eigenvalue weighted by molar-refractivity contribution is 7.99. The van der Waals surface area contributed by atoms with Gasteiger partial charge in [0.25, 0.3) is 0 Å². The van der Waals surface area contributed by atoms with E-state index >= 15 is 0 Å². The van der Waals surface area contributed by atoms with Crippen LogP contribution in [0, 0.1) is 5.92 Å². The monoisotopic (exact) mass is 374 g/mol. The first-order valence-corrected chi connectivity index (χ1v) is 10.3. The van der Waals surface area contributed by atoms with Crippen LogP contribution in [0.5, 0.6) is 0 Å². The predicted octanol–water partition coefficient (Wildman–Crippen LogP) is 0.616. The first-order valence-electron chi connectivity index (χ1n) is 7.36. The second-order valence-electron chi connectivity index (χ2n) is 5.08. The van der Waals surface area contributed by atoms with E-state index in [0.29, 0.717) is 6.61 Å². The molecule has 0 aliphatic heterocycles. The Morgan fingerprint density at radius 2 is 2.00 bits per heavy atom. The zero-order chi connectivity index (χ0) is 16.8. The molecule has 0 aliphatic carbocycles. The Kier molecular flexibility index (Phi) is 15.3. The van der Waals surface area contributed by atoms with Crippen LogP contribution in [0.1, 0.15) is 13.3 Å². The maximum Gasteiger partial charge on any atom is 0.330 e. The highest BCUT2D eigenvalue weighted by Gasteiger charge is 2.15. The average Bonchev–Trinajstić information content (AvgIpc) is 2.47. The number of rotatable bonds is 14. The number of ether oxygens (including phenoxy) is 1. The third kappa shape index (κ3) is 14.1. The fourth-order valence-electron chi connectivity index (χ4n) is 1.26. The van der Waals surface area contributed by atoms with Crippen LogP contribution in [0.4, 0.5) is 0 Å². The van der Waals surface area contributed by atoms with E-state index in [1.807, 2.05) is 21.0 Å². The van der Waals surface area contributed by atoms with Crippen molar-refractivity contribution in [3.8, 4) is 0 Å². The SMILES string of the molecule is CC(CSCCCS)C(=O)OCCOP(O)OCC[NH+](C)C. The number of quaternary nitrogens is 1. The zero-order valence-electron chi connectivity index (χ0n) is 13.6. The molecule has 0 heterocycles. The van der Waals surface area contributed by atoms with E-state index in [2.05, 4.69) is 12.6 Å². The summed E-state index contributed by atoms with van der Waals surface area (Å²) in [6.45, 7) is 3.35. The summed E-state index contributed by atoms with van der Waals surface area (Å²) in [6.07, 6.45) is 1.04. The van der Waals surface area contributed by atoms with Gasteiger partial charge in [-0.25, -0.2) is 0 Å². The van der Waals surface area contributed by atoms with Gasteiger partial charge >= 0.3 is 14.6 Å². The van der Waals surface area contributed by atoms with Crippen LogP contribution in [-0.2, 0) is 18.6 Å². The van der Waals surface area contributed by atoms with Crippen LogP contribution in [0.15, 0.2) is 0 Å². The van der Waals surface area contributed by atoms with Crippen molar-refractivity contribution in [2.45, 2.75) is 13.3 Å². The molecule has 0 saturated heterocycles. The second-order valence-corrected chi connectivity index (χ2v) is 7.67. The van der Waals surface area contributed by atoms with Crippen LogP contribution in [0.2, 0.25) is 0 Å². The van der Waals surface area contributed by atoms with Gasteiger partial charge in [0.15, 0.2) is 0 Å². The topological polar surface area (TPSA) is 69.4 Å². The molecular formula is C13H29NO5PS2+. The summed E-state index contributed by atoms with van der Waals surface area (Å²) < 4.78 is 15.3. The number of hydrogen-bond donors (Lipinski definition) is 3. The molecule has 0 fully saturated rings. The van der Waals surface area contributed by atoms with E-state index in [9.17, 15) is 9.69 Å². The van der Waals surface area contributed by atoms with Crippen LogP contribution >= 0.6 is 33.0 Å². The van der Waals surface area contributed by atoms with Crippen molar-refractivity contribution < 1.29 is 28.4 Å². The van der Waals surface area contributed by atoms with E-state index in [0.717, 1.165) is 30.2 Å². The highest BCUT2D eigenvalue weighted by Crippen LogP contribution is 2.31. The first-order chi connectivity index (χ1) is 10.5. The van der Waals surface area contributed by atoms with Crippen molar-refractivity contribution in [2.24, 2.45) is 5.92 Å². The number of thiol groups is 1. The molecule has 0 radical (unpaired) electrons. The molecule has 22 heavy (non-hydrogen) atoms. The average molecular weight is 374 g/mol. The van der Waals surface area contributed by atoms with Gasteiger partial charge in [-0.3, -0.25) is 4.79 Å². The van der Waals surface area contributed by atoms with E-state index in [4.69, 9.17) is 13.8 Å². The highest BCUT2D eigenvalue weighted by atomic mass is 32.2. The van der Waals surface area contributed by atoms with Gasteiger partial charge in [-0.1, -0.05) is 6.92 Å². The lowest BCUT2D eigenvalue weighted by Gasteiger charge is -2.13. The van der Waals surface area contributed by atoms with Gasteiger partial charge in [-0.15, -0.1) is 0 Å². The van der Waals surface area contributed by atoms with Gasteiger partial charge in [-0.2, -0.15) is 24.4 Å². The maximum absolute atomic E-state index is 11.7. The minimum absolute atomic E-state index is 0.131. The summed E-state index contributed by atoms with van der Waals surface area (Å²) in [6, 6.07) is 0. The maximum atomic E-state index is 11.7. The molecule has 2 unspecified atom stereocenters. The fourth-order valence-corrected chi connectivity index (χ4v) is 3.19. The van der Waals surface area contributed by atoms with Crippen LogP contribution < -0.4 is 4.90 Å². The molecule has 0 aromatic heterocycles. The van der Waals surface area contributed by atoms with Gasteiger partial charge in [0, 0.05) is 5.75 Å². The van der Waals surface area contributed by atoms with Gasteiger partial charge < -0.3 is 23.6 Å². The molecule has 0 spiro atoms. The number of hydrogen-bond acceptors (Lipinski definition) is 7. The van der Waals surface area contributed by atoms with Crippen molar-refractivity contribution in [3.05, 3.63) is 0 Å². The smallest absolute Gasteiger partial charge is 0.330 e. The molecule has 0 saturated carbocycles. The Hall–Kier alpha value is 0.440. The van der Waals surface area contributed by atoms with E-state index < -0.39 is 8.60 Å². The Bertz CT molecular complexity index is 287. The standard InChI is InChI=1S/C13H28NO5PS2/c1-12(11-22-10-4-9-21)13(15)17-7-8-19-20(16)18-6-5-14(2)3/h12,16,21H,4-11H2,1-3H3/p+1. The van der Waals surface area contributed by atoms with E-state index in [-0.39, 0.29) is 25.1 Å². The molecule has 6 nitrogen and oxygen atoms in total. The van der Waals surface area contributed by atoms with Crippen molar-refractivity contribution in [1.29, 1.82) is 0 Å². The minimum atomic E-state index is -1.89. The molecule has 0 bridgehead atoms. The Morgan fingerprint density at radius 3 is 2.64 bits per heavy atom. The van der Waals surface area contributed by atoms with Crippen LogP contribution in [0.25, 0.3) is 0 Å². The number of carbonyl (C=O) groups is 1. The number of carbonyl (C=O) groups excluding carboxylic acids is 1. The van der Waals surface area contributed by atoms with Crippen molar-refractivity contribution in [1.82, 2.24) is 0 Å². The van der Waals surface area contributed by atoms with Crippen LogP contribution in [0.3, 0.4) is 0 Å². The van der Waals surface area contributed by atoms with Crippen molar-refractivity contribution in [2.75, 3.05) is 57.7 Å². The molecule has 0 aromatic carbocycles. The quantitative estimate of drug-likeness (QED) is 0.179. The third-order valence-electron chi connectivity index (χ3n) is 2.55. The Labute approximate surface area is 144 Å². The molecule has 0 aliphatic rings. The molecule has 2 N–H and O–H groups in total. The van der Waals surface area contributed by atoms with Gasteiger partial charge in [0.1, 0.15) is 19.8 Å². The summed E-state index contributed by atoms with van der Waals surface area (Å²) in [5, 5.41) is 0. The van der Waals surface area contributed by atoms with Crippen molar-refractivity contribution >= 4 is 39.0 Å². The zero-order valence-corrected chi connectivity index (χ0v) is 16.2. The number of thioether (sulfide) groups is 1. The second kappa shape index (κ2) is 15.0. The number of likely N-dealkylation sites (N-methyl/N-ethyl adjacent to an activating group) is 1. The summed E-state index contributed by atoms with van der Waals surface area (Å²) >= 11 is 5.87. The largest absolute Gasteiger partial charge is 0.463 e. The number of esters is 1. The summed E-state index contributed by atoms with van der Waals surface area (Å²) in [5.74, 6) is 2.24. The minimum Gasteiger partial charge on any atom is -0.463 e. The fraction of sp³-hybridized carbons (Fsp3) is 0.923. The lowest BCUT2D eigenvalue weighted by molar-refractivity contribution is -0.858. The normalized spacial score (nSPS) is 14.1. The van der Waals surface area contributed by atoms with Crippen molar-refractivity contribution in [3.63, 3.8) is 0 Å². The van der Waals surface area contributed by atoms with Crippen LogP contribution in [-0.4, -0.2) is 68.6 Å². The predicted molar refractivity (Wildman–Crippen MR) is 94.6 cm³/mol.